The van der Waals surface area contributed by atoms with Gasteiger partial charge in [0.25, 0.3) is 0 Å². The number of carbonyl (C=O) groups is 1. The Balaban J connectivity index is 1.94. The van der Waals surface area contributed by atoms with E-state index < -0.39 is 0 Å². The molecule has 3 nitrogen and oxygen atoms in total. The van der Waals surface area contributed by atoms with E-state index in [1.807, 2.05) is 0 Å². The van der Waals surface area contributed by atoms with Gasteiger partial charge in [-0.1, -0.05) is 6.92 Å². The number of amides is 1. The lowest BCUT2D eigenvalue weighted by Crippen LogP contribution is -2.62. The molecule has 62 valence electrons. The van der Waals surface area contributed by atoms with Crippen LogP contribution in [0.4, 0.5) is 0 Å². The van der Waals surface area contributed by atoms with Crippen molar-refractivity contribution >= 4 is 5.91 Å². The highest BCUT2D eigenvalue weighted by molar-refractivity contribution is 5.85. The molecule has 0 saturated carbocycles. The fourth-order valence-electron chi connectivity index (χ4n) is 2.06. The third-order valence-electron chi connectivity index (χ3n) is 2.78. The Morgan fingerprint density at radius 1 is 1.73 bits per heavy atom. The predicted molar refractivity (Wildman–Crippen MR) is 42.2 cm³/mol. The van der Waals surface area contributed by atoms with Crippen LogP contribution in [0.1, 0.15) is 19.8 Å². The molecule has 0 aromatic carbocycles. The minimum Gasteiger partial charge on any atom is -0.349 e. The molecule has 0 aromatic rings. The van der Waals surface area contributed by atoms with Gasteiger partial charge in [-0.05, 0) is 13.0 Å². The first-order valence-corrected chi connectivity index (χ1v) is 4.27. The minimum atomic E-state index is 0.188. The molecule has 0 aromatic heterocycles. The second-order valence-electron chi connectivity index (χ2n) is 3.62. The van der Waals surface area contributed by atoms with E-state index in [9.17, 15) is 4.79 Å². The molecule has 0 bridgehead atoms. The molecule has 1 N–H and O–H groups in total. The van der Waals surface area contributed by atoms with Crippen LogP contribution in [0.25, 0.3) is 0 Å². The molecule has 0 radical (unpaired) electrons. The normalized spacial score (nSPS) is 37.4. The Morgan fingerprint density at radius 2 is 2.45 bits per heavy atom. The average molecular weight is 154 g/mol. The van der Waals surface area contributed by atoms with Crippen LogP contribution in [0.2, 0.25) is 0 Å². The van der Waals surface area contributed by atoms with Gasteiger partial charge in [-0.25, -0.2) is 0 Å². The van der Waals surface area contributed by atoms with Gasteiger partial charge in [-0.2, -0.15) is 0 Å². The molecule has 3 heteroatoms. The van der Waals surface area contributed by atoms with Gasteiger partial charge >= 0.3 is 0 Å². The number of rotatable bonds is 1. The summed E-state index contributed by atoms with van der Waals surface area (Å²) in [6.07, 6.45) is 1.90. The Labute approximate surface area is 66.8 Å². The van der Waals surface area contributed by atoms with Gasteiger partial charge in [0.1, 0.15) is 0 Å². The summed E-state index contributed by atoms with van der Waals surface area (Å²) in [5.41, 5.74) is 0.188. The Kier molecular flexibility index (Phi) is 1.42. The maximum absolute atomic E-state index is 10.7. The SMILES string of the molecule is CCN1CC[C@]2(CC(=O)N2)C1. The third kappa shape index (κ3) is 1.03. The quantitative estimate of drug-likeness (QED) is 0.538. The number of nitrogens with one attached hydrogen (secondary N) is 1. The van der Waals surface area contributed by atoms with Gasteiger partial charge in [-0.15, -0.1) is 0 Å². The average Bonchev–Trinajstić information content (AvgIpc) is 2.31. The molecular formula is C8H14N2O. The Bertz CT molecular complexity index is 183. The maximum Gasteiger partial charge on any atom is 0.222 e. The van der Waals surface area contributed by atoms with Crippen molar-refractivity contribution in [3.63, 3.8) is 0 Å². The molecule has 2 aliphatic heterocycles. The number of nitrogens with zero attached hydrogens (tertiary/aromatic N) is 1. The molecule has 1 spiro atoms. The van der Waals surface area contributed by atoms with Gasteiger partial charge in [0, 0.05) is 13.1 Å². The lowest BCUT2D eigenvalue weighted by molar-refractivity contribution is -0.132. The van der Waals surface area contributed by atoms with E-state index in [0.29, 0.717) is 0 Å². The fourth-order valence-corrected chi connectivity index (χ4v) is 2.06. The largest absolute Gasteiger partial charge is 0.349 e. The number of hydrogen-bond donors (Lipinski definition) is 1. The van der Waals surface area contributed by atoms with Crippen molar-refractivity contribution < 1.29 is 4.79 Å². The van der Waals surface area contributed by atoms with Crippen LogP contribution in [0, 0.1) is 0 Å². The summed E-state index contributed by atoms with van der Waals surface area (Å²) in [4.78, 5) is 13.1. The Hall–Kier alpha value is -0.570. The smallest absolute Gasteiger partial charge is 0.222 e. The highest BCUT2D eigenvalue weighted by atomic mass is 16.2. The van der Waals surface area contributed by atoms with E-state index in [2.05, 4.69) is 17.1 Å². The summed E-state index contributed by atoms with van der Waals surface area (Å²) in [6, 6.07) is 0. The molecule has 2 heterocycles. The van der Waals surface area contributed by atoms with Crippen molar-refractivity contribution in [1.82, 2.24) is 10.2 Å². The molecule has 0 aliphatic carbocycles. The number of likely N-dealkylation sites (tertiary alicyclic amines) is 1. The van der Waals surface area contributed by atoms with E-state index in [-0.39, 0.29) is 11.4 Å². The molecule has 2 aliphatic rings. The van der Waals surface area contributed by atoms with Gasteiger partial charge in [-0.3, -0.25) is 4.79 Å². The monoisotopic (exact) mass is 154 g/mol. The van der Waals surface area contributed by atoms with Crippen molar-refractivity contribution in [2.24, 2.45) is 0 Å². The van der Waals surface area contributed by atoms with Crippen LogP contribution < -0.4 is 5.32 Å². The van der Waals surface area contributed by atoms with Crippen LogP contribution >= 0.6 is 0 Å². The molecule has 2 rings (SSSR count). The summed E-state index contributed by atoms with van der Waals surface area (Å²) >= 11 is 0. The van der Waals surface area contributed by atoms with Crippen molar-refractivity contribution in [2.75, 3.05) is 19.6 Å². The number of carbonyl (C=O) groups excluding carboxylic acids is 1. The zero-order valence-electron chi connectivity index (χ0n) is 6.89. The number of likely N-dealkylation sites (N-methyl/N-ethyl adjacent to an activating group) is 1. The van der Waals surface area contributed by atoms with E-state index in [4.69, 9.17) is 0 Å². The topological polar surface area (TPSA) is 32.3 Å². The molecule has 0 unspecified atom stereocenters. The summed E-state index contributed by atoms with van der Waals surface area (Å²) in [6.45, 7) is 5.49. The summed E-state index contributed by atoms with van der Waals surface area (Å²) in [7, 11) is 0. The zero-order valence-corrected chi connectivity index (χ0v) is 6.89. The maximum atomic E-state index is 10.7. The van der Waals surface area contributed by atoms with E-state index >= 15 is 0 Å². The number of β-lactam (4-membered cyclic amide) rings is 1. The van der Waals surface area contributed by atoms with Crippen LogP contribution in [-0.2, 0) is 4.79 Å². The first kappa shape index (κ1) is 7.10. The second-order valence-corrected chi connectivity index (χ2v) is 3.62. The fraction of sp³-hybridized carbons (Fsp3) is 0.875. The first-order valence-electron chi connectivity index (χ1n) is 4.27. The second kappa shape index (κ2) is 2.21. The highest BCUT2D eigenvalue weighted by Gasteiger charge is 2.46. The van der Waals surface area contributed by atoms with Crippen LogP contribution in [0.3, 0.4) is 0 Å². The predicted octanol–water partition coefficient (Wildman–Crippen LogP) is -0.0293. The van der Waals surface area contributed by atoms with Crippen LogP contribution in [-0.4, -0.2) is 36.0 Å². The summed E-state index contributed by atoms with van der Waals surface area (Å²) < 4.78 is 0. The third-order valence-corrected chi connectivity index (χ3v) is 2.78. The molecule has 1 atom stereocenters. The number of hydrogen-bond acceptors (Lipinski definition) is 2. The first-order chi connectivity index (χ1) is 5.24. The molecule has 1 amide bonds. The summed E-state index contributed by atoms with van der Waals surface area (Å²) in [5.74, 6) is 0.225. The van der Waals surface area contributed by atoms with Crippen LogP contribution in [0.5, 0.6) is 0 Å². The summed E-state index contributed by atoms with van der Waals surface area (Å²) in [5, 5.41) is 3.00. The van der Waals surface area contributed by atoms with E-state index in [1.165, 1.54) is 0 Å². The molecule has 11 heavy (non-hydrogen) atoms. The van der Waals surface area contributed by atoms with Crippen molar-refractivity contribution in [1.29, 1.82) is 0 Å². The lowest BCUT2D eigenvalue weighted by atomic mass is 9.86. The zero-order chi connectivity index (χ0) is 7.90. The standard InChI is InChI=1S/C8H14N2O/c1-2-10-4-3-8(6-10)5-7(11)9-8/h2-6H2,1H3,(H,9,11)/t8-/m0/s1. The highest BCUT2D eigenvalue weighted by Crippen LogP contribution is 2.30. The van der Waals surface area contributed by atoms with Crippen molar-refractivity contribution in [2.45, 2.75) is 25.3 Å². The van der Waals surface area contributed by atoms with Gasteiger partial charge in [0.15, 0.2) is 0 Å². The van der Waals surface area contributed by atoms with Gasteiger partial charge < -0.3 is 10.2 Å². The van der Waals surface area contributed by atoms with Crippen LogP contribution in [0.15, 0.2) is 0 Å². The van der Waals surface area contributed by atoms with Gasteiger partial charge in [0.2, 0.25) is 5.91 Å². The minimum absolute atomic E-state index is 0.188. The Morgan fingerprint density at radius 3 is 2.91 bits per heavy atom. The lowest BCUT2D eigenvalue weighted by Gasteiger charge is -2.38. The molecule has 2 fully saturated rings. The van der Waals surface area contributed by atoms with E-state index in [1.54, 1.807) is 0 Å². The van der Waals surface area contributed by atoms with Crippen molar-refractivity contribution in [3.8, 4) is 0 Å². The molecule has 2 saturated heterocycles. The molecular weight excluding hydrogens is 140 g/mol. The van der Waals surface area contributed by atoms with Gasteiger partial charge in [0.05, 0.1) is 12.0 Å². The van der Waals surface area contributed by atoms with Crippen molar-refractivity contribution in [3.05, 3.63) is 0 Å². The van der Waals surface area contributed by atoms with E-state index in [0.717, 1.165) is 32.5 Å².